The van der Waals surface area contributed by atoms with Crippen LogP contribution in [0.3, 0.4) is 0 Å². The Morgan fingerprint density at radius 3 is 2.56 bits per heavy atom. The van der Waals surface area contributed by atoms with Crippen molar-refractivity contribution in [2.24, 2.45) is 5.10 Å². The fourth-order valence-electron chi connectivity index (χ4n) is 2.75. The van der Waals surface area contributed by atoms with Gasteiger partial charge in [0.2, 0.25) is 0 Å². The van der Waals surface area contributed by atoms with Crippen LogP contribution in [0.2, 0.25) is 0 Å². The summed E-state index contributed by atoms with van der Waals surface area (Å²) in [4.78, 5) is 34.6. The number of carbonyl (C=O) groups excluding carboxylic acids is 2. The number of amides is 2. The van der Waals surface area contributed by atoms with Crippen LogP contribution in [-0.4, -0.2) is 36.7 Å². The second-order valence-electron chi connectivity index (χ2n) is 6.76. The summed E-state index contributed by atoms with van der Waals surface area (Å²) in [6.07, 6.45) is 1.44. The number of hydrogen-bond acceptors (Lipinski definition) is 7. The Kier molecular flexibility index (Phi) is 8.30. The number of nitro groups is 1. The Bertz CT molecular complexity index is 1230. The molecule has 0 atom stereocenters. The molecule has 0 spiro atoms. The zero-order valence-electron chi connectivity index (χ0n) is 17.9. The summed E-state index contributed by atoms with van der Waals surface area (Å²) >= 11 is 3.31. The first kappa shape index (κ1) is 24.4. The van der Waals surface area contributed by atoms with Gasteiger partial charge in [-0.25, -0.2) is 5.43 Å². The molecule has 0 aliphatic rings. The normalized spacial score (nSPS) is 10.5. The first-order valence-corrected chi connectivity index (χ1v) is 10.6. The molecule has 0 unspecified atom stereocenters. The lowest BCUT2D eigenvalue weighted by Crippen LogP contribution is -2.20. The molecule has 174 valence electrons. The van der Waals surface area contributed by atoms with E-state index in [1.165, 1.54) is 37.6 Å². The average Bonchev–Trinajstić information content (AvgIpc) is 2.83. The number of hydrogen-bond donors (Lipinski definition) is 2. The lowest BCUT2D eigenvalue weighted by atomic mass is 10.2. The van der Waals surface area contributed by atoms with Crippen molar-refractivity contribution in [3.63, 3.8) is 0 Å². The number of nitro benzene ring substituents is 1. The van der Waals surface area contributed by atoms with Crippen molar-refractivity contribution in [2.75, 3.05) is 19.0 Å². The van der Waals surface area contributed by atoms with Gasteiger partial charge in [0.15, 0.2) is 18.1 Å². The summed E-state index contributed by atoms with van der Waals surface area (Å²) < 4.78 is 11.7. The van der Waals surface area contributed by atoms with Crippen LogP contribution < -0.4 is 20.2 Å². The monoisotopic (exact) mass is 526 g/mol. The first-order chi connectivity index (χ1) is 16.4. The second-order valence-corrected chi connectivity index (χ2v) is 7.68. The lowest BCUT2D eigenvalue weighted by molar-refractivity contribution is -0.384. The zero-order chi connectivity index (χ0) is 24.5. The molecule has 0 radical (unpaired) electrons. The van der Waals surface area contributed by atoms with Crippen molar-refractivity contribution in [2.45, 2.75) is 0 Å². The summed E-state index contributed by atoms with van der Waals surface area (Å²) in [7, 11) is 1.45. The number of carbonyl (C=O) groups is 2. The highest BCUT2D eigenvalue weighted by molar-refractivity contribution is 9.10. The Morgan fingerprint density at radius 1 is 1.09 bits per heavy atom. The molecule has 0 fully saturated rings. The minimum atomic E-state index is -0.548. The third-order valence-corrected chi connectivity index (χ3v) is 4.90. The van der Waals surface area contributed by atoms with Crippen LogP contribution in [0.25, 0.3) is 0 Å². The van der Waals surface area contributed by atoms with E-state index in [1.807, 2.05) is 0 Å². The highest BCUT2D eigenvalue weighted by atomic mass is 79.9. The Hall–Kier alpha value is -4.25. The van der Waals surface area contributed by atoms with Crippen molar-refractivity contribution >= 4 is 45.3 Å². The fraction of sp³-hybridized carbons (Fsp3) is 0.0870. The number of methoxy groups -OCH3 is 1. The van der Waals surface area contributed by atoms with E-state index in [-0.39, 0.29) is 23.9 Å². The largest absolute Gasteiger partial charge is 0.493 e. The van der Waals surface area contributed by atoms with Crippen molar-refractivity contribution < 1.29 is 24.0 Å². The third kappa shape index (κ3) is 6.87. The third-order valence-electron chi connectivity index (χ3n) is 4.37. The van der Waals surface area contributed by atoms with E-state index in [9.17, 15) is 19.7 Å². The molecule has 0 bridgehead atoms. The number of hydrazone groups is 1. The van der Waals surface area contributed by atoms with E-state index in [1.54, 1.807) is 42.5 Å². The minimum absolute atomic E-state index is 0.134. The summed E-state index contributed by atoms with van der Waals surface area (Å²) in [5, 5.41) is 17.3. The van der Waals surface area contributed by atoms with Gasteiger partial charge in [-0.3, -0.25) is 19.7 Å². The standard InChI is InChI=1S/C23H19BrN4O6/c1-33-21-11-15(13-25-27-23(30)16-6-8-17(24)9-7-16)5-10-20(21)34-14-22(29)26-18-3-2-4-19(12-18)28(31)32/h2-13H,14H2,1H3,(H,26,29)(H,27,30)/b25-13+. The van der Waals surface area contributed by atoms with Crippen molar-refractivity contribution in [1.82, 2.24) is 5.43 Å². The van der Waals surface area contributed by atoms with Gasteiger partial charge in [0.05, 0.1) is 18.2 Å². The number of rotatable bonds is 9. The van der Waals surface area contributed by atoms with E-state index < -0.39 is 10.8 Å². The molecule has 3 aromatic carbocycles. The molecule has 3 aromatic rings. The lowest BCUT2D eigenvalue weighted by Gasteiger charge is -2.11. The number of nitrogens with zero attached hydrogens (tertiary/aromatic N) is 2. The summed E-state index contributed by atoms with van der Waals surface area (Å²) in [5.41, 5.74) is 3.68. The summed E-state index contributed by atoms with van der Waals surface area (Å²) in [5.74, 6) is -0.187. The number of non-ortho nitro benzene ring substituents is 1. The Labute approximate surface area is 202 Å². The smallest absolute Gasteiger partial charge is 0.271 e. The van der Waals surface area contributed by atoms with Gasteiger partial charge in [-0.1, -0.05) is 22.0 Å². The molecule has 0 aliphatic carbocycles. The van der Waals surface area contributed by atoms with Gasteiger partial charge in [-0.05, 0) is 54.1 Å². The van der Waals surface area contributed by atoms with Crippen LogP contribution in [-0.2, 0) is 4.79 Å². The fourth-order valence-corrected chi connectivity index (χ4v) is 3.02. The highest BCUT2D eigenvalue weighted by Gasteiger charge is 2.11. The highest BCUT2D eigenvalue weighted by Crippen LogP contribution is 2.27. The van der Waals surface area contributed by atoms with Crippen LogP contribution in [0.1, 0.15) is 15.9 Å². The Morgan fingerprint density at radius 2 is 1.85 bits per heavy atom. The predicted octanol–water partition coefficient (Wildman–Crippen LogP) is 4.15. The molecule has 0 aromatic heterocycles. The number of anilines is 1. The summed E-state index contributed by atoms with van der Waals surface area (Å²) in [6.45, 7) is -0.338. The molecule has 3 rings (SSSR count). The molecular weight excluding hydrogens is 508 g/mol. The molecular formula is C23H19BrN4O6. The van der Waals surface area contributed by atoms with Gasteiger partial charge in [0.1, 0.15) is 0 Å². The van der Waals surface area contributed by atoms with E-state index in [0.717, 1.165) is 4.47 Å². The van der Waals surface area contributed by atoms with Gasteiger partial charge in [-0.15, -0.1) is 0 Å². The van der Waals surface area contributed by atoms with E-state index >= 15 is 0 Å². The first-order valence-electron chi connectivity index (χ1n) is 9.80. The van der Waals surface area contributed by atoms with Crippen LogP contribution in [0, 0.1) is 10.1 Å². The molecule has 0 saturated carbocycles. The quantitative estimate of drug-likeness (QED) is 0.244. The van der Waals surface area contributed by atoms with E-state index in [0.29, 0.717) is 22.6 Å². The van der Waals surface area contributed by atoms with Gasteiger partial charge in [-0.2, -0.15) is 5.10 Å². The molecule has 10 nitrogen and oxygen atoms in total. The van der Waals surface area contributed by atoms with Crippen molar-refractivity contribution in [1.29, 1.82) is 0 Å². The number of ether oxygens (including phenoxy) is 2. The molecule has 0 aliphatic heterocycles. The summed E-state index contributed by atoms with van der Waals surface area (Å²) in [6, 6.07) is 17.3. The maximum absolute atomic E-state index is 12.2. The van der Waals surface area contributed by atoms with Crippen molar-refractivity contribution in [3.05, 3.63) is 92.4 Å². The van der Waals surface area contributed by atoms with E-state index in [2.05, 4.69) is 31.8 Å². The topological polar surface area (TPSA) is 132 Å². The molecule has 2 amide bonds. The van der Waals surface area contributed by atoms with Gasteiger partial charge in [0, 0.05) is 27.9 Å². The van der Waals surface area contributed by atoms with Crippen molar-refractivity contribution in [3.8, 4) is 11.5 Å². The molecule has 0 saturated heterocycles. The zero-order valence-corrected chi connectivity index (χ0v) is 19.4. The van der Waals surface area contributed by atoms with Crippen LogP contribution in [0.5, 0.6) is 11.5 Å². The molecule has 34 heavy (non-hydrogen) atoms. The van der Waals surface area contributed by atoms with Gasteiger partial charge < -0.3 is 14.8 Å². The number of nitrogens with one attached hydrogen (secondary N) is 2. The van der Waals surface area contributed by atoms with Crippen LogP contribution in [0.15, 0.2) is 76.3 Å². The predicted molar refractivity (Wildman–Crippen MR) is 129 cm³/mol. The molecule has 11 heteroatoms. The maximum atomic E-state index is 12.2. The molecule has 0 heterocycles. The second kappa shape index (κ2) is 11.6. The van der Waals surface area contributed by atoms with E-state index in [4.69, 9.17) is 9.47 Å². The molecule has 2 N–H and O–H groups in total. The van der Waals surface area contributed by atoms with Gasteiger partial charge in [0.25, 0.3) is 17.5 Å². The van der Waals surface area contributed by atoms with Gasteiger partial charge >= 0.3 is 0 Å². The minimum Gasteiger partial charge on any atom is -0.493 e. The van der Waals surface area contributed by atoms with Crippen LogP contribution >= 0.6 is 15.9 Å². The van der Waals surface area contributed by atoms with Crippen LogP contribution in [0.4, 0.5) is 11.4 Å². The maximum Gasteiger partial charge on any atom is 0.271 e. The Balaban J connectivity index is 1.57. The number of halogens is 1. The number of benzene rings is 3. The SMILES string of the molecule is COc1cc(/C=N/NC(=O)c2ccc(Br)cc2)ccc1OCC(=O)Nc1cccc([N+](=O)[O-])c1. The average molecular weight is 527 g/mol.